The Balaban J connectivity index is 1.49. The van der Waals surface area contributed by atoms with Crippen LogP contribution in [-0.4, -0.2) is 17.7 Å². The average molecular weight is 377 g/mol. The molecule has 1 saturated carbocycles. The number of aromatic hydroxyl groups is 1. The number of piperidine rings is 1. The second kappa shape index (κ2) is 6.81. The van der Waals surface area contributed by atoms with E-state index in [4.69, 9.17) is 0 Å². The minimum absolute atomic E-state index is 0.288. The normalized spacial score (nSPS) is 28.5. The Morgan fingerprint density at radius 2 is 1.93 bits per heavy atom. The van der Waals surface area contributed by atoms with Crippen LogP contribution >= 0.6 is 0 Å². The third-order valence-corrected chi connectivity index (χ3v) is 7.62. The summed E-state index contributed by atoms with van der Waals surface area (Å²) in [6, 6.07) is 13.5. The molecule has 0 aromatic heterocycles. The Labute approximate surface area is 168 Å². The van der Waals surface area contributed by atoms with Crippen LogP contribution in [0.15, 0.2) is 36.4 Å². The molecule has 1 heterocycles. The van der Waals surface area contributed by atoms with Gasteiger partial charge in [0.2, 0.25) is 0 Å². The lowest BCUT2D eigenvalue weighted by atomic mass is 9.53. The van der Waals surface area contributed by atoms with E-state index in [1.54, 1.807) is 0 Å². The molecule has 5 rings (SSSR count). The van der Waals surface area contributed by atoms with E-state index in [1.807, 2.05) is 0 Å². The van der Waals surface area contributed by atoms with Crippen molar-refractivity contribution in [1.82, 2.24) is 5.32 Å². The fourth-order valence-corrected chi connectivity index (χ4v) is 6.18. The smallest absolute Gasteiger partial charge is 0.139 e. The number of nitrogens with one attached hydrogen (secondary N) is 2. The van der Waals surface area contributed by atoms with Crippen LogP contribution < -0.4 is 10.6 Å². The van der Waals surface area contributed by atoms with E-state index < -0.39 is 0 Å². The van der Waals surface area contributed by atoms with E-state index in [1.165, 1.54) is 48.8 Å². The summed E-state index contributed by atoms with van der Waals surface area (Å²) >= 11 is 0. The summed E-state index contributed by atoms with van der Waals surface area (Å²) in [4.78, 5) is 0. The molecule has 2 bridgehead atoms. The third-order valence-electron chi connectivity index (χ3n) is 7.62. The number of benzene rings is 2. The van der Waals surface area contributed by atoms with Crippen molar-refractivity contribution >= 4 is 11.4 Å². The molecule has 2 aliphatic carbocycles. The molecule has 0 unspecified atom stereocenters. The summed E-state index contributed by atoms with van der Waals surface area (Å²) in [5.41, 5.74) is 6.35. The standard InChI is InChI=1S/C25H32N2O/c1-16(2)17-6-8-19(9-7-17)27-23-14-18-13-22-20-5-3-4-10-25(20,11-12-26-22)21(18)15-24(23)28/h6-9,14-16,20,22,26-28H,3-5,10-13H2,1-2H3/t20-,22+,25+/m1/s1. The van der Waals surface area contributed by atoms with E-state index in [-0.39, 0.29) is 5.41 Å². The van der Waals surface area contributed by atoms with Gasteiger partial charge in [0.05, 0.1) is 5.69 Å². The zero-order valence-corrected chi connectivity index (χ0v) is 17.1. The van der Waals surface area contributed by atoms with E-state index in [9.17, 15) is 5.11 Å². The highest BCUT2D eigenvalue weighted by Crippen LogP contribution is 2.55. The van der Waals surface area contributed by atoms with Crippen molar-refractivity contribution in [2.24, 2.45) is 5.92 Å². The van der Waals surface area contributed by atoms with Crippen molar-refractivity contribution in [2.75, 3.05) is 11.9 Å². The first kappa shape index (κ1) is 18.1. The Morgan fingerprint density at radius 3 is 2.71 bits per heavy atom. The molecule has 2 fully saturated rings. The summed E-state index contributed by atoms with van der Waals surface area (Å²) in [5.74, 6) is 1.66. The highest BCUT2D eigenvalue weighted by atomic mass is 16.3. The second-order valence-electron chi connectivity index (χ2n) is 9.45. The molecule has 2 aromatic carbocycles. The minimum Gasteiger partial charge on any atom is -0.506 e. The van der Waals surface area contributed by atoms with Gasteiger partial charge in [-0.1, -0.05) is 38.8 Å². The molecule has 3 heteroatoms. The van der Waals surface area contributed by atoms with Crippen LogP contribution in [-0.2, 0) is 11.8 Å². The Morgan fingerprint density at radius 1 is 1.11 bits per heavy atom. The number of hydrogen-bond donors (Lipinski definition) is 3. The first-order valence-electron chi connectivity index (χ1n) is 11.0. The van der Waals surface area contributed by atoms with Crippen molar-refractivity contribution in [1.29, 1.82) is 0 Å². The molecule has 3 aliphatic rings. The number of fused-ring (bicyclic) bond motifs is 1. The van der Waals surface area contributed by atoms with Gasteiger partial charge < -0.3 is 15.7 Å². The molecule has 28 heavy (non-hydrogen) atoms. The fourth-order valence-electron chi connectivity index (χ4n) is 6.18. The Kier molecular flexibility index (Phi) is 4.39. The first-order valence-corrected chi connectivity index (χ1v) is 11.0. The van der Waals surface area contributed by atoms with Gasteiger partial charge in [-0.05, 0) is 85.0 Å². The monoisotopic (exact) mass is 376 g/mol. The Bertz CT molecular complexity index is 869. The molecule has 148 valence electrons. The Hall–Kier alpha value is -2.00. The molecule has 0 radical (unpaired) electrons. The van der Waals surface area contributed by atoms with Gasteiger partial charge in [-0.25, -0.2) is 0 Å². The lowest BCUT2D eigenvalue weighted by Gasteiger charge is -2.56. The van der Waals surface area contributed by atoms with Crippen LogP contribution in [0, 0.1) is 5.92 Å². The van der Waals surface area contributed by atoms with Gasteiger partial charge in [-0.15, -0.1) is 0 Å². The SMILES string of the molecule is CC(C)c1ccc(Nc2cc3c(cc2O)[C@]24CCCC[C@@H]2[C@H](C3)NCC4)cc1. The van der Waals surface area contributed by atoms with Crippen LogP contribution in [0.1, 0.15) is 68.6 Å². The second-order valence-corrected chi connectivity index (χ2v) is 9.45. The summed E-state index contributed by atoms with van der Waals surface area (Å²) in [5, 5.41) is 18.1. The molecule has 2 aromatic rings. The zero-order chi connectivity index (χ0) is 19.3. The highest BCUT2D eigenvalue weighted by molar-refractivity contribution is 5.69. The summed E-state index contributed by atoms with van der Waals surface area (Å²) < 4.78 is 0. The number of anilines is 2. The lowest BCUT2D eigenvalue weighted by molar-refractivity contribution is 0.0796. The van der Waals surface area contributed by atoms with Gasteiger partial charge in [0, 0.05) is 17.1 Å². The predicted molar refractivity (Wildman–Crippen MR) is 116 cm³/mol. The topological polar surface area (TPSA) is 44.3 Å². The molecule has 0 spiro atoms. The van der Waals surface area contributed by atoms with E-state index in [0.29, 0.717) is 17.7 Å². The molecular formula is C25H32N2O. The molecule has 3 nitrogen and oxygen atoms in total. The average Bonchev–Trinajstić information content (AvgIpc) is 2.70. The van der Waals surface area contributed by atoms with Crippen LogP contribution in [0.4, 0.5) is 11.4 Å². The van der Waals surface area contributed by atoms with Crippen LogP contribution in [0.5, 0.6) is 5.75 Å². The maximum absolute atomic E-state index is 10.9. The van der Waals surface area contributed by atoms with Crippen LogP contribution in [0.3, 0.4) is 0 Å². The molecule has 3 N–H and O–H groups in total. The number of phenolic OH excluding ortho intramolecular Hbond substituents is 1. The maximum atomic E-state index is 10.9. The van der Waals surface area contributed by atoms with Gasteiger partial charge in [-0.2, -0.15) is 0 Å². The quantitative estimate of drug-likeness (QED) is 0.611. The number of hydrogen-bond acceptors (Lipinski definition) is 3. The van der Waals surface area contributed by atoms with Crippen LogP contribution in [0.2, 0.25) is 0 Å². The molecule has 0 amide bonds. The lowest BCUT2D eigenvalue weighted by Crippen LogP contribution is -2.59. The van der Waals surface area contributed by atoms with E-state index in [0.717, 1.165) is 30.3 Å². The third kappa shape index (κ3) is 2.83. The van der Waals surface area contributed by atoms with E-state index in [2.05, 4.69) is 60.9 Å². The number of phenols is 1. The molecule has 1 saturated heterocycles. The fraction of sp³-hybridized carbons (Fsp3) is 0.520. The van der Waals surface area contributed by atoms with E-state index >= 15 is 0 Å². The molecule has 3 atom stereocenters. The van der Waals surface area contributed by atoms with Crippen molar-refractivity contribution in [3.63, 3.8) is 0 Å². The summed E-state index contributed by atoms with van der Waals surface area (Å²) in [7, 11) is 0. The van der Waals surface area contributed by atoms with Gasteiger partial charge >= 0.3 is 0 Å². The molecular weight excluding hydrogens is 344 g/mol. The van der Waals surface area contributed by atoms with Crippen molar-refractivity contribution in [2.45, 2.75) is 69.7 Å². The summed E-state index contributed by atoms with van der Waals surface area (Å²) in [6.45, 7) is 5.53. The maximum Gasteiger partial charge on any atom is 0.139 e. The first-order chi connectivity index (χ1) is 13.6. The zero-order valence-electron chi connectivity index (χ0n) is 17.1. The number of rotatable bonds is 3. The van der Waals surface area contributed by atoms with Crippen molar-refractivity contribution < 1.29 is 5.11 Å². The highest BCUT2D eigenvalue weighted by Gasteiger charge is 2.51. The van der Waals surface area contributed by atoms with Crippen molar-refractivity contribution in [3.8, 4) is 5.75 Å². The largest absolute Gasteiger partial charge is 0.506 e. The van der Waals surface area contributed by atoms with Gasteiger partial charge in [0.25, 0.3) is 0 Å². The van der Waals surface area contributed by atoms with Crippen LogP contribution in [0.25, 0.3) is 0 Å². The van der Waals surface area contributed by atoms with Gasteiger partial charge in [0.15, 0.2) is 0 Å². The minimum atomic E-state index is 0.288. The summed E-state index contributed by atoms with van der Waals surface area (Å²) in [6.07, 6.45) is 7.60. The van der Waals surface area contributed by atoms with Crippen molar-refractivity contribution in [3.05, 3.63) is 53.1 Å². The van der Waals surface area contributed by atoms with Gasteiger partial charge in [-0.3, -0.25) is 0 Å². The predicted octanol–water partition coefficient (Wildman–Crippen LogP) is 5.61. The molecule has 1 aliphatic heterocycles. The van der Waals surface area contributed by atoms with Gasteiger partial charge in [0.1, 0.15) is 5.75 Å².